The van der Waals surface area contributed by atoms with Crippen molar-refractivity contribution in [2.45, 2.75) is 11.8 Å². The third-order valence-electron chi connectivity index (χ3n) is 10.6. The van der Waals surface area contributed by atoms with Gasteiger partial charge in [0, 0.05) is 23.0 Å². The van der Waals surface area contributed by atoms with Crippen LogP contribution >= 0.6 is 0 Å². The maximum Gasteiger partial charge on any atom is 0.179 e. The zero-order chi connectivity index (χ0) is 41.0. The first-order valence-electron chi connectivity index (χ1n) is 17.9. The molecule has 0 spiro atoms. The number of hydrogen-bond donors (Lipinski definition) is 0. The summed E-state index contributed by atoms with van der Waals surface area (Å²) in [6.07, 6.45) is 0. The van der Waals surface area contributed by atoms with Gasteiger partial charge in [0.15, 0.2) is 69.1 Å². The predicted octanol–water partition coefficient (Wildman–Crippen LogP) is 7.80. The minimum atomic E-state index is -1.99. The van der Waals surface area contributed by atoms with E-state index in [-0.39, 0.29) is 22.6 Å². The van der Waals surface area contributed by atoms with E-state index in [1.54, 1.807) is 60.7 Å². The molecule has 0 atom stereocenters. The van der Waals surface area contributed by atoms with Crippen molar-refractivity contribution in [3.8, 4) is 57.5 Å². The SMILES string of the molecule is COc1ccc(C(c2ccc(OC)c(OC)c2)C2(C(c3ccc(OC)c(OC)c3)c3ccc(OC)c(OC)c3)C(=O)c3cc(OC)c(OC)cc3C2=O)cc1OC. The first-order valence-corrected chi connectivity index (χ1v) is 17.9. The van der Waals surface area contributed by atoms with Crippen molar-refractivity contribution >= 4 is 11.6 Å². The van der Waals surface area contributed by atoms with Crippen LogP contribution in [0, 0.1) is 5.41 Å². The smallest absolute Gasteiger partial charge is 0.179 e. The number of carbonyl (C=O) groups excluding carboxylic acids is 2. The minimum Gasteiger partial charge on any atom is -0.493 e. The van der Waals surface area contributed by atoms with Crippen LogP contribution in [0.3, 0.4) is 0 Å². The Kier molecular flexibility index (Phi) is 11.7. The van der Waals surface area contributed by atoms with Crippen molar-refractivity contribution in [1.29, 1.82) is 0 Å². The summed E-state index contributed by atoms with van der Waals surface area (Å²) in [6.45, 7) is 0. The summed E-state index contributed by atoms with van der Waals surface area (Å²) >= 11 is 0. The van der Waals surface area contributed by atoms with E-state index in [0.717, 1.165) is 0 Å². The molecule has 298 valence electrons. The Morgan fingerprint density at radius 3 is 0.737 bits per heavy atom. The Morgan fingerprint density at radius 2 is 0.526 bits per heavy atom. The van der Waals surface area contributed by atoms with Crippen molar-refractivity contribution in [2.24, 2.45) is 5.41 Å². The van der Waals surface area contributed by atoms with Gasteiger partial charge in [0.2, 0.25) is 0 Å². The number of fused-ring (bicyclic) bond motifs is 1. The third-order valence-corrected chi connectivity index (χ3v) is 10.6. The molecule has 0 saturated carbocycles. The van der Waals surface area contributed by atoms with Gasteiger partial charge < -0.3 is 47.4 Å². The van der Waals surface area contributed by atoms with Crippen molar-refractivity contribution < 1.29 is 57.0 Å². The molecule has 5 aromatic carbocycles. The molecule has 0 N–H and O–H groups in total. The van der Waals surface area contributed by atoms with E-state index in [2.05, 4.69) is 0 Å². The maximum absolute atomic E-state index is 16.1. The van der Waals surface area contributed by atoms with Crippen molar-refractivity contribution in [3.63, 3.8) is 0 Å². The summed E-state index contributed by atoms with van der Waals surface area (Å²) in [4.78, 5) is 32.3. The molecular formula is C45H46O12. The summed E-state index contributed by atoms with van der Waals surface area (Å²) in [5.74, 6) is 0.975. The standard InChI is InChI=1S/C45H46O12/c1-48-31-15-11-25(19-35(31)52-5)41(26-12-16-32(49-2)36(20-26)53-6)45(43(46)29-23-39(56-9)40(57-10)24-30(29)44(45)47)42(27-13-17-33(50-3)37(21-27)54-7)28-14-18-34(51-4)38(22-28)55-8/h11-24,41-42H,1-10H3. The summed E-state index contributed by atoms with van der Waals surface area (Å²) in [5, 5.41) is 0. The van der Waals surface area contributed by atoms with Gasteiger partial charge in [-0.2, -0.15) is 0 Å². The fourth-order valence-corrected chi connectivity index (χ4v) is 8.06. The second-order valence-electron chi connectivity index (χ2n) is 13.1. The molecule has 12 heteroatoms. The van der Waals surface area contributed by atoms with Crippen LogP contribution in [0.25, 0.3) is 0 Å². The summed E-state index contributed by atoms with van der Waals surface area (Å²) in [7, 11) is 15.2. The Labute approximate surface area is 332 Å². The molecule has 0 heterocycles. The van der Waals surface area contributed by atoms with Crippen molar-refractivity contribution in [2.75, 3.05) is 71.1 Å². The largest absolute Gasteiger partial charge is 0.493 e. The Hall–Kier alpha value is -6.56. The second-order valence-corrected chi connectivity index (χ2v) is 13.1. The van der Waals surface area contributed by atoms with Gasteiger partial charge in [0.1, 0.15) is 5.41 Å². The summed E-state index contributed by atoms with van der Waals surface area (Å²) in [5.41, 5.74) is 0.610. The van der Waals surface area contributed by atoms with Gasteiger partial charge in [-0.25, -0.2) is 0 Å². The highest BCUT2D eigenvalue weighted by Gasteiger charge is 2.64. The van der Waals surface area contributed by atoms with Crippen LogP contribution in [-0.4, -0.2) is 82.7 Å². The van der Waals surface area contributed by atoms with E-state index in [4.69, 9.17) is 47.4 Å². The number of carbonyl (C=O) groups is 2. The number of benzene rings is 5. The summed E-state index contributed by atoms with van der Waals surface area (Å²) < 4.78 is 57.2. The molecule has 0 radical (unpaired) electrons. The first-order chi connectivity index (χ1) is 27.6. The molecule has 0 saturated heterocycles. The molecule has 0 aliphatic heterocycles. The van der Waals surface area contributed by atoms with E-state index in [1.165, 1.54) is 71.1 Å². The molecule has 0 unspecified atom stereocenters. The van der Waals surface area contributed by atoms with E-state index in [0.29, 0.717) is 68.2 Å². The lowest BCUT2D eigenvalue weighted by atomic mass is 9.56. The fourth-order valence-electron chi connectivity index (χ4n) is 8.06. The van der Waals surface area contributed by atoms with Gasteiger partial charge >= 0.3 is 0 Å². The number of ether oxygens (including phenoxy) is 10. The highest BCUT2D eigenvalue weighted by atomic mass is 16.5. The van der Waals surface area contributed by atoms with Crippen LogP contribution in [0.2, 0.25) is 0 Å². The second kappa shape index (κ2) is 16.7. The Bertz CT molecular complexity index is 2030. The summed E-state index contributed by atoms with van der Waals surface area (Å²) in [6, 6.07) is 24.6. The minimum absolute atomic E-state index is 0.162. The van der Waals surface area contributed by atoms with E-state index in [9.17, 15) is 0 Å². The van der Waals surface area contributed by atoms with E-state index >= 15 is 9.59 Å². The molecule has 5 aromatic rings. The predicted molar refractivity (Wildman–Crippen MR) is 213 cm³/mol. The molecule has 0 bridgehead atoms. The van der Waals surface area contributed by atoms with Gasteiger partial charge in [0.25, 0.3) is 0 Å². The zero-order valence-electron chi connectivity index (χ0n) is 33.6. The Morgan fingerprint density at radius 1 is 0.316 bits per heavy atom. The molecule has 0 amide bonds. The number of ketones is 2. The van der Waals surface area contributed by atoms with Crippen LogP contribution in [0.15, 0.2) is 84.9 Å². The lowest BCUT2D eigenvalue weighted by Gasteiger charge is -2.42. The van der Waals surface area contributed by atoms with Crippen molar-refractivity contribution in [3.05, 3.63) is 118 Å². The average molecular weight is 779 g/mol. The monoisotopic (exact) mass is 778 g/mol. The first kappa shape index (κ1) is 40.1. The van der Waals surface area contributed by atoms with E-state index < -0.39 is 28.8 Å². The molecule has 0 fully saturated rings. The third kappa shape index (κ3) is 6.64. The molecule has 57 heavy (non-hydrogen) atoms. The van der Waals surface area contributed by atoms with Crippen molar-refractivity contribution in [1.82, 2.24) is 0 Å². The number of Topliss-reactive ketones (excluding diaryl/α,β-unsaturated/α-hetero) is 2. The zero-order valence-corrected chi connectivity index (χ0v) is 33.6. The number of rotatable bonds is 16. The topological polar surface area (TPSA) is 126 Å². The highest BCUT2D eigenvalue weighted by molar-refractivity contribution is 6.31. The Balaban J connectivity index is 1.85. The molecule has 1 aliphatic rings. The maximum atomic E-state index is 16.1. The number of hydrogen-bond acceptors (Lipinski definition) is 12. The van der Waals surface area contributed by atoms with Gasteiger partial charge in [-0.15, -0.1) is 0 Å². The van der Waals surface area contributed by atoms with Crippen LogP contribution in [0.1, 0.15) is 54.8 Å². The van der Waals surface area contributed by atoms with Crippen LogP contribution < -0.4 is 47.4 Å². The average Bonchev–Trinajstić information content (AvgIpc) is 3.46. The van der Waals surface area contributed by atoms with Gasteiger partial charge in [0.05, 0.1) is 71.1 Å². The molecule has 1 aliphatic carbocycles. The fraction of sp³-hybridized carbons (Fsp3) is 0.289. The molecule has 12 nitrogen and oxygen atoms in total. The van der Waals surface area contributed by atoms with Gasteiger partial charge in [-0.1, -0.05) is 24.3 Å². The van der Waals surface area contributed by atoms with Crippen LogP contribution in [-0.2, 0) is 0 Å². The molecular weight excluding hydrogens is 732 g/mol. The molecule has 6 rings (SSSR count). The van der Waals surface area contributed by atoms with E-state index in [1.807, 2.05) is 24.3 Å². The van der Waals surface area contributed by atoms with Crippen LogP contribution in [0.4, 0.5) is 0 Å². The highest BCUT2D eigenvalue weighted by Crippen LogP contribution is 2.62. The molecule has 0 aromatic heterocycles. The quantitative estimate of drug-likeness (QED) is 0.0908. The lowest BCUT2D eigenvalue weighted by molar-refractivity contribution is 0.0637. The van der Waals surface area contributed by atoms with Crippen LogP contribution in [0.5, 0.6) is 57.5 Å². The lowest BCUT2D eigenvalue weighted by Crippen LogP contribution is -2.46. The van der Waals surface area contributed by atoms with Gasteiger partial charge in [-0.3, -0.25) is 9.59 Å². The van der Waals surface area contributed by atoms with Gasteiger partial charge in [-0.05, 0) is 82.9 Å². The number of methoxy groups -OCH3 is 10. The normalized spacial score (nSPS) is 12.9.